The standard InChI is InChI=1S/C13H8Br2N2O2/c14-7-4-6-2-1-3-8(11(6)16-5-7)9-10(15)13(19)17-12(9)18/h1-5,9-10H,(H,17,18,19). The van der Waals surface area contributed by atoms with Crippen molar-refractivity contribution in [2.45, 2.75) is 10.7 Å². The largest absolute Gasteiger partial charge is 0.295 e. The molecular weight excluding hydrogens is 376 g/mol. The number of carbonyl (C=O) groups excluding carboxylic acids is 2. The van der Waals surface area contributed by atoms with Crippen molar-refractivity contribution in [2.24, 2.45) is 0 Å². The summed E-state index contributed by atoms with van der Waals surface area (Å²) in [5, 5.41) is 3.26. The van der Waals surface area contributed by atoms with Crippen molar-refractivity contribution in [3.63, 3.8) is 0 Å². The summed E-state index contributed by atoms with van der Waals surface area (Å²) in [7, 11) is 0. The molecule has 1 aliphatic heterocycles. The van der Waals surface area contributed by atoms with Crippen LogP contribution in [0.25, 0.3) is 10.9 Å². The second-order valence-electron chi connectivity index (χ2n) is 4.31. The van der Waals surface area contributed by atoms with Crippen molar-refractivity contribution in [1.82, 2.24) is 10.3 Å². The molecule has 0 spiro atoms. The lowest BCUT2D eigenvalue weighted by Crippen LogP contribution is -2.22. The lowest BCUT2D eigenvalue weighted by atomic mass is 9.95. The van der Waals surface area contributed by atoms with E-state index in [2.05, 4.69) is 42.2 Å². The molecule has 4 nitrogen and oxygen atoms in total. The van der Waals surface area contributed by atoms with Crippen LogP contribution in [0.15, 0.2) is 34.9 Å². The normalized spacial score (nSPS) is 22.8. The molecule has 1 aromatic heterocycles. The third-order valence-electron chi connectivity index (χ3n) is 3.12. The lowest BCUT2D eigenvalue weighted by Gasteiger charge is -2.12. The minimum absolute atomic E-state index is 0.288. The molecule has 2 amide bonds. The minimum atomic E-state index is -0.545. The molecule has 0 saturated carbocycles. The molecule has 0 aliphatic carbocycles. The zero-order valence-electron chi connectivity index (χ0n) is 9.56. The first-order chi connectivity index (χ1) is 9.08. The van der Waals surface area contributed by atoms with Gasteiger partial charge in [0, 0.05) is 16.1 Å². The Kier molecular flexibility index (Phi) is 3.14. The molecule has 6 heteroatoms. The van der Waals surface area contributed by atoms with Crippen LogP contribution >= 0.6 is 31.9 Å². The number of rotatable bonds is 1. The number of fused-ring (bicyclic) bond motifs is 1. The van der Waals surface area contributed by atoms with Gasteiger partial charge in [0.05, 0.1) is 11.4 Å². The fourth-order valence-corrected chi connectivity index (χ4v) is 3.25. The number of benzene rings is 1. The molecule has 1 saturated heterocycles. The van der Waals surface area contributed by atoms with Gasteiger partial charge in [-0.2, -0.15) is 0 Å². The average Bonchev–Trinajstić information content (AvgIpc) is 2.62. The molecule has 1 fully saturated rings. The molecule has 2 aromatic rings. The van der Waals surface area contributed by atoms with Crippen LogP contribution in [-0.2, 0) is 9.59 Å². The highest BCUT2D eigenvalue weighted by atomic mass is 79.9. The van der Waals surface area contributed by atoms with E-state index in [4.69, 9.17) is 0 Å². The van der Waals surface area contributed by atoms with Crippen LogP contribution in [0.2, 0.25) is 0 Å². The van der Waals surface area contributed by atoms with E-state index in [0.717, 1.165) is 20.9 Å². The number of nitrogens with zero attached hydrogens (tertiary/aromatic N) is 1. The fourth-order valence-electron chi connectivity index (χ4n) is 2.26. The topological polar surface area (TPSA) is 59.1 Å². The van der Waals surface area contributed by atoms with Gasteiger partial charge in [0.15, 0.2) is 0 Å². The Morgan fingerprint density at radius 3 is 2.68 bits per heavy atom. The van der Waals surface area contributed by atoms with Gasteiger partial charge in [0.2, 0.25) is 11.8 Å². The second-order valence-corrected chi connectivity index (χ2v) is 6.21. The summed E-state index contributed by atoms with van der Waals surface area (Å²) in [6.07, 6.45) is 1.68. The molecule has 2 unspecified atom stereocenters. The van der Waals surface area contributed by atoms with E-state index >= 15 is 0 Å². The smallest absolute Gasteiger partial charge is 0.241 e. The summed E-state index contributed by atoms with van der Waals surface area (Å²) >= 11 is 6.65. The number of hydrogen-bond donors (Lipinski definition) is 1. The predicted octanol–water partition coefficient (Wildman–Crippen LogP) is 2.50. The Morgan fingerprint density at radius 2 is 2.00 bits per heavy atom. The Bertz CT molecular complexity index is 702. The zero-order valence-corrected chi connectivity index (χ0v) is 12.7. The van der Waals surface area contributed by atoms with Crippen molar-refractivity contribution < 1.29 is 9.59 Å². The molecule has 3 rings (SSSR count). The van der Waals surface area contributed by atoms with Gasteiger partial charge < -0.3 is 0 Å². The number of imide groups is 1. The number of halogens is 2. The summed E-state index contributed by atoms with van der Waals surface area (Å²) in [4.78, 5) is 27.3. The Morgan fingerprint density at radius 1 is 1.21 bits per heavy atom. The summed E-state index contributed by atoms with van der Waals surface area (Å²) in [6.45, 7) is 0. The third kappa shape index (κ3) is 2.08. The van der Waals surface area contributed by atoms with Crippen LogP contribution in [-0.4, -0.2) is 21.6 Å². The molecule has 19 heavy (non-hydrogen) atoms. The number of aromatic nitrogens is 1. The number of carbonyl (C=O) groups is 2. The molecule has 96 valence electrons. The number of pyridine rings is 1. The number of hydrogen-bond acceptors (Lipinski definition) is 3. The Labute approximate surface area is 125 Å². The number of nitrogens with one attached hydrogen (secondary N) is 1. The maximum atomic E-state index is 11.9. The predicted molar refractivity (Wildman–Crippen MR) is 78.0 cm³/mol. The van der Waals surface area contributed by atoms with Gasteiger partial charge in [-0.15, -0.1) is 0 Å². The molecule has 1 aromatic carbocycles. The molecule has 2 heterocycles. The molecular formula is C13H8Br2N2O2. The van der Waals surface area contributed by atoms with E-state index in [9.17, 15) is 9.59 Å². The molecule has 1 N–H and O–H groups in total. The monoisotopic (exact) mass is 382 g/mol. The highest BCUT2D eigenvalue weighted by Crippen LogP contribution is 2.34. The van der Waals surface area contributed by atoms with Crippen molar-refractivity contribution in [3.8, 4) is 0 Å². The Hall–Kier alpha value is -1.27. The van der Waals surface area contributed by atoms with Gasteiger partial charge in [0.1, 0.15) is 4.83 Å². The first-order valence-electron chi connectivity index (χ1n) is 5.61. The summed E-state index contributed by atoms with van der Waals surface area (Å²) in [5.74, 6) is -1.13. The van der Waals surface area contributed by atoms with E-state index in [1.54, 1.807) is 6.20 Å². The van der Waals surface area contributed by atoms with Crippen molar-refractivity contribution in [2.75, 3.05) is 0 Å². The summed E-state index contributed by atoms with van der Waals surface area (Å²) in [6, 6.07) is 7.56. The van der Waals surface area contributed by atoms with Gasteiger partial charge in [-0.3, -0.25) is 19.9 Å². The van der Waals surface area contributed by atoms with Crippen LogP contribution in [0.1, 0.15) is 11.5 Å². The van der Waals surface area contributed by atoms with Crippen molar-refractivity contribution in [1.29, 1.82) is 0 Å². The van der Waals surface area contributed by atoms with Crippen molar-refractivity contribution in [3.05, 3.63) is 40.5 Å². The van der Waals surface area contributed by atoms with Crippen LogP contribution in [0.4, 0.5) is 0 Å². The fraction of sp³-hybridized carbons (Fsp3) is 0.154. The highest BCUT2D eigenvalue weighted by molar-refractivity contribution is 9.10. The van der Waals surface area contributed by atoms with E-state index in [-0.39, 0.29) is 11.8 Å². The molecule has 0 bridgehead atoms. The highest BCUT2D eigenvalue weighted by Gasteiger charge is 2.41. The molecule has 2 atom stereocenters. The first kappa shape index (κ1) is 12.7. The lowest BCUT2D eigenvalue weighted by molar-refractivity contribution is -0.125. The van der Waals surface area contributed by atoms with E-state index < -0.39 is 10.7 Å². The van der Waals surface area contributed by atoms with Crippen LogP contribution in [0.5, 0.6) is 0 Å². The van der Waals surface area contributed by atoms with E-state index in [1.165, 1.54) is 0 Å². The van der Waals surface area contributed by atoms with Crippen LogP contribution in [0, 0.1) is 0 Å². The number of para-hydroxylation sites is 1. The third-order valence-corrected chi connectivity index (χ3v) is 4.49. The Balaban J connectivity index is 2.20. The first-order valence-corrected chi connectivity index (χ1v) is 7.32. The summed E-state index contributed by atoms with van der Waals surface area (Å²) in [5.41, 5.74) is 1.50. The van der Waals surface area contributed by atoms with Gasteiger partial charge in [0.25, 0.3) is 0 Å². The van der Waals surface area contributed by atoms with Crippen LogP contribution < -0.4 is 5.32 Å². The SMILES string of the molecule is O=C1NC(=O)C(c2cccc3cc(Br)cnc23)C1Br. The van der Waals surface area contributed by atoms with Gasteiger partial charge >= 0.3 is 0 Å². The van der Waals surface area contributed by atoms with Gasteiger partial charge in [-0.1, -0.05) is 34.1 Å². The number of alkyl halides is 1. The maximum Gasteiger partial charge on any atom is 0.241 e. The molecule has 1 aliphatic rings. The van der Waals surface area contributed by atoms with E-state index in [1.807, 2.05) is 24.3 Å². The quantitative estimate of drug-likeness (QED) is 0.608. The minimum Gasteiger partial charge on any atom is -0.295 e. The average molecular weight is 384 g/mol. The molecule has 0 radical (unpaired) electrons. The second kappa shape index (κ2) is 4.68. The van der Waals surface area contributed by atoms with Gasteiger partial charge in [-0.25, -0.2) is 0 Å². The number of amides is 2. The summed E-state index contributed by atoms with van der Waals surface area (Å²) < 4.78 is 0.875. The van der Waals surface area contributed by atoms with E-state index in [0.29, 0.717) is 0 Å². The van der Waals surface area contributed by atoms with Crippen LogP contribution in [0.3, 0.4) is 0 Å². The van der Waals surface area contributed by atoms with Crippen molar-refractivity contribution >= 4 is 54.6 Å². The zero-order chi connectivity index (χ0) is 13.6. The maximum absolute atomic E-state index is 11.9. The van der Waals surface area contributed by atoms with Gasteiger partial charge in [-0.05, 0) is 27.6 Å².